The fraction of sp³-hybridized carbons (Fsp3) is 0.227. The molecule has 0 bridgehead atoms. The summed E-state index contributed by atoms with van der Waals surface area (Å²) in [6.07, 6.45) is 4.82. The van der Waals surface area contributed by atoms with E-state index in [4.69, 9.17) is 4.74 Å². The van der Waals surface area contributed by atoms with Crippen molar-refractivity contribution in [2.75, 3.05) is 11.9 Å². The highest BCUT2D eigenvalue weighted by Gasteiger charge is 2.23. The lowest BCUT2D eigenvalue weighted by Gasteiger charge is -2.11. The van der Waals surface area contributed by atoms with Gasteiger partial charge in [-0.1, -0.05) is 18.2 Å². The van der Waals surface area contributed by atoms with Gasteiger partial charge in [0.2, 0.25) is 0 Å². The second kappa shape index (κ2) is 8.70. The molecule has 2 heterocycles. The van der Waals surface area contributed by atoms with Crippen LogP contribution in [-0.4, -0.2) is 34.3 Å². The number of aromatic nitrogens is 2. The van der Waals surface area contributed by atoms with Crippen LogP contribution in [0.25, 0.3) is 5.69 Å². The van der Waals surface area contributed by atoms with Crippen LogP contribution >= 0.6 is 0 Å². The molecule has 148 valence electrons. The Kier molecular flexibility index (Phi) is 5.67. The molecule has 29 heavy (non-hydrogen) atoms. The number of nitrogens with one attached hydrogen (secondary N) is 2. The van der Waals surface area contributed by atoms with Crippen molar-refractivity contribution in [2.24, 2.45) is 0 Å². The highest BCUT2D eigenvalue weighted by molar-refractivity contribution is 5.98. The number of amides is 2. The lowest BCUT2D eigenvalue weighted by molar-refractivity contribution is -0.124. The third-order valence-electron chi connectivity index (χ3n) is 4.77. The van der Waals surface area contributed by atoms with Gasteiger partial charge < -0.3 is 15.4 Å². The maximum Gasteiger partial charge on any atom is 0.253 e. The van der Waals surface area contributed by atoms with Crippen molar-refractivity contribution in [1.29, 1.82) is 0 Å². The molecule has 0 saturated carbocycles. The van der Waals surface area contributed by atoms with Crippen LogP contribution in [0.15, 0.2) is 67.0 Å². The molecule has 0 spiro atoms. The topological polar surface area (TPSA) is 85.3 Å². The molecule has 0 radical (unpaired) electrons. The lowest BCUT2D eigenvalue weighted by atomic mass is 10.1. The molecule has 1 atom stereocenters. The van der Waals surface area contributed by atoms with Crippen LogP contribution in [0.5, 0.6) is 0 Å². The van der Waals surface area contributed by atoms with Gasteiger partial charge in [0.1, 0.15) is 6.10 Å². The minimum Gasteiger partial charge on any atom is -0.368 e. The molecule has 0 unspecified atom stereocenters. The van der Waals surface area contributed by atoms with Crippen LogP contribution in [0.1, 0.15) is 28.8 Å². The van der Waals surface area contributed by atoms with Crippen molar-refractivity contribution in [3.05, 3.63) is 78.1 Å². The maximum atomic E-state index is 12.5. The van der Waals surface area contributed by atoms with E-state index in [9.17, 15) is 9.59 Å². The van der Waals surface area contributed by atoms with Gasteiger partial charge in [-0.25, -0.2) is 4.68 Å². The summed E-state index contributed by atoms with van der Waals surface area (Å²) in [6, 6.07) is 16.6. The molecular weight excluding hydrogens is 368 g/mol. The summed E-state index contributed by atoms with van der Waals surface area (Å²) in [5, 5.41) is 9.92. The summed E-state index contributed by atoms with van der Waals surface area (Å²) < 4.78 is 7.16. The van der Waals surface area contributed by atoms with Gasteiger partial charge in [-0.05, 0) is 54.8 Å². The summed E-state index contributed by atoms with van der Waals surface area (Å²) in [7, 11) is 0. The number of benzene rings is 2. The first kappa shape index (κ1) is 18.9. The minimum absolute atomic E-state index is 0.169. The fourth-order valence-corrected chi connectivity index (χ4v) is 3.22. The van der Waals surface area contributed by atoms with E-state index in [0.717, 1.165) is 24.1 Å². The highest BCUT2D eigenvalue weighted by Crippen LogP contribution is 2.16. The molecule has 7 nitrogen and oxygen atoms in total. The van der Waals surface area contributed by atoms with Gasteiger partial charge in [0.15, 0.2) is 0 Å². The molecule has 1 aliphatic rings. The minimum atomic E-state index is -0.405. The number of nitrogens with zero attached hydrogens (tertiary/aromatic N) is 2. The Labute approximate surface area is 168 Å². The van der Waals surface area contributed by atoms with E-state index in [1.165, 1.54) is 0 Å². The fourth-order valence-electron chi connectivity index (χ4n) is 3.22. The van der Waals surface area contributed by atoms with Crippen LogP contribution in [0.2, 0.25) is 0 Å². The van der Waals surface area contributed by atoms with Gasteiger partial charge in [-0.2, -0.15) is 5.10 Å². The SMILES string of the molecule is O=C(NCc1ccc(-n2cccn2)cc1)c1cccc(NC(=O)[C@@H]2CCCO2)c1. The molecule has 1 aromatic heterocycles. The van der Waals surface area contributed by atoms with Gasteiger partial charge in [0.25, 0.3) is 11.8 Å². The predicted octanol–water partition coefficient (Wildman–Crippen LogP) is 2.92. The Balaban J connectivity index is 1.34. The summed E-state index contributed by atoms with van der Waals surface area (Å²) in [6.45, 7) is 1.02. The summed E-state index contributed by atoms with van der Waals surface area (Å²) >= 11 is 0. The Morgan fingerprint density at radius 1 is 1.14 bits per heavy atom. The number of hydrogen-bond acceptors (Lipinski definition) is 4. The second-order valence-electron chi connectivity index (χ2n) is 6.87. The molecule has 0 aliphatic carbocycles. The van der Waals surface area contributed by atoms with Crippen molar-refractivity contribution < 1.29 is 14.3 Å². The maximum absolute atomic E-state index is 12.5. The number of ether oxygens (including phenoxy) is 1. The average molecular weight is 390 g/mol. The Hall–Kier alpha value is -3.45. The van der Waals surface area contributed by atoms with Crippen LogP contribution in [0.4, 0.5) is 5.69 Å². The zero-order valence-electron chi connectivity index (χ0n) is 15.9. The molecule has 7 heteroatoms. The summed E-state index contributed by atoms with van der Waals surface area (Å²) in [5.74, 6) is -0.369. The van der Waals surface area contributed by atoms with Crippen LogP contribution < -0.4 is 10.6 Å². The van der Waals surface area contributed by atoms with Gasteiger partial charge in [0.05, 0.1) is 5.69 Å². The number of carbonyl (C=O) groups is 2. The van der Waals surface area contributed by atoms with Crippen molar-refractivity contribution in [2.45, 2.75) is 25.5 Å². The predicted molar refractivity (Wildman–Crippen MR) is 109 cm³/mol. The smallest absolute Gasteiger partial charge is 0.253 e. The standard InChI is InChI=1S/C22H22N4O3/c27-21(23-15-16-7-9-19(10-8-16)26-12-3-11-24-26)17-4-1-5-18(14-17)25-22(28)20-6-2-13-29-20/h1,3-5,7-12,14,20H,2,6,13,15H2,(H,23,27)(H,25,28)/t20-/m0/s1. The van der Waals surface area contributed by atoms with Gasteiger partial charge >= 0.3 is 0 Å². The molecule has 4 rings (SSSR count). The summed E-state index contributed by atoms with van der Waals surface area (Å²) in [4.78, 5) is 24.7. The Morgan fingerprint density at radius 2 is 2.00 bits per heavy atom. The first-order valence-corrected chi connectivity index (χ1v) is 9.59. The monoisotopic (exact) mass is 390 g/mol. The van der Waals surface area contributed by atoms with E-state index in [1.807, 2.05) is 36.5 Å². The lowest BCUT2D eigenvalue weighted by Crippen LogP contribution is -2.27. The number of anilines is 1. The molecule has 1 aliphatic heterocycles. The van der Waals surface area contributed by atoms with Gasteiger partial charge in [-0.15, -0.1) is 0 Å². The van der Waals surface area contributed by atoms with E-state index in [1.54, 1.807) is 35.1 Å². The largest absolute Gasteiger partial charge is 0.368 e. The van der Waals surface area contributed by atoms with Crippen LogP contribution in [-0.2, 0) is 16.1 Å². The van der Waals surface area contributed by atoms with Crippen molar-refractivity contribution in [3.63, 3.8) is 0 Å². The van der Waals surface area contributed by atoms with E-state index in [-0.39, 0.29) is 11.8 Å². The zero-order valence-corrected chi connectivity index (χ0v) is 15.9. The average Bonchev–Trinajstić information content (AvgIpc) is 3.47. The highest BCUT2D eigenvalue weighted by atomic mass is 16.5. The summed E-state index contributed by atoms with van der Waals surface area (Å²) in [5.41, 5.74) is 3.02. The molecule has 2 amide bonds. The first-order valence-electron chi connectivity index (χ1n) is 9.59. The van der Waals surface area contributed by atoms with E-state index >= 15 is 0 Å². The number of rotatable bonds is 6. The van der Waals surface area contributed by atoms with E-state index < -0.39 is 6.10 Å². The number of carbonyl (C=O) groups excluding carboxylic acids is 2. The third-order valence-corrected chi connectivity index (χ3v) is 4.77. The molecule has 3 aromatic rings. The van der Waals surface area contributed by atoms with Crippen LogP contribution in [0.3, 0.4) is 0 Å². The van der Waals surface area contributed by atoms with Gasteiger partial charge in [0, 0.05) is 36.8 Å². The van der Waals surface area contributed by atoms with Crippen molar-refractivity contribution >= 4 is 17.5 Å². The quantitative estimate of drug-likeness (QED) is 0.678. The number of hydrogen-bond donors (Lipinski definition) is 2. The van der Waals surface area contributed by atoms with E-state index in [0.29, 0.717) is 24.4 Å². The molecule has 2 N–H and O–H groups in total. The third kappa shape index (κ3) is 4.70. The van der Waals surface area contributed by atoms with Crippen molar-refractivity contribution in [3.8, 4) is 5.69 Å². The first-order chi connectivity index (χ1) is 14.2. The van der Waals surface area contributed by atoms with Crippen molar-refractivity contribution in [1.82, 2.24) is 15.1 Å². The molecule has 1 fully saturated rings. The second-order valence-corrected chi connectivity index (χ2v) is 6.87. The Morgan fingerprint density at radius 3 is 2.72 bits per heavy atom. The normalized spacial score (nSPS) is 15.8. The van der Waals surface area contributed by atoms with Crippen LogP contribution in [0, 0.1) is 0 Å². The zero-order chi connectivity index (χ0) is 20.1. The van der Waals surface area contributed by atoms with Gasteiger partial charge in [-0.3, -0.25) is 9.59 Å². The molecule has 2 aromatic carbocycles. The molecule has 1 saturated heterocycles. The Bertz CT molecular complexity index is 978. The van der Waals surface area contributed by atoms with E-state index in [2.05, 4.69) is 15.7 Å². The molecular formula is C22H22N4O3.